The third kappa shape index (κ3) is 3.20. The van der Waals surface area contributed by atoms with Crippen LogP contribution >= 0.6 is 0 Å². The van der Waals surface area contributed by atoms with Gasteiger partial charge >= 0.3 is 6.01 Å². The molecule has 0 atom stereocenters. The highest BCUT2D eigenvalue weighted by Crippen LogP contribution is 2.13. The molecule has 0 unspecified atom stereocenters. The molecule has 16 heavy (non-hydrogen) atoms. The molecule has 0 aliphatic heterocycles. The zero-order valence-corrected chi connectivity index (χ0v) is 9.77. The van der Waals surface area contributed by atoms with Crippen molar-refractivity contribution in [1.82, 2.24) is 15.0 Å². The predicted molar refractivity (Wildman–Crippen MR) is 60.9 cm³/mol. The number of aliphatic hydroxyl groups excluding tert-OH is 1. The molecule has 1 aromatic heterocycles. The van der Waals surface area contributed by atoms with Crippen LogP contribution in [0.5, 0.6) is 6.01 Å². The summed E-state index contributed by atoms with van der Waals surface area (Å²) in [6.45, 7) is 3.17. The Morgan fingerprint density at radius 1 is 1.38 bits per heavy atom. The van der Waals surface area contributed by atoms with Crippen molar-refractivity contribution in [3.05, 3.63) is 0 Å². The van der Waals surface area contributed by atoms with Gasteiger partial charge in [0.2, 0.25) is 11.9 Å². The molecule has 2 N–H and O–H groups in total. The summed E-state index contributed by atoms with van der Waals surface area (Å²) in [5.74, 6) is 0.936. The fourth-order valence-corrected chi connectivity index (χ4v) is 1.10. The van der Waals surface area contributed by atoms with Crippen LogP contribution < -0.4 is 15.0 Å². The topological polar surface area (TPSA) is 83.4 Å². The summed E-state index contributed by atoms with van der Waals surface area (Å²) in [6, 6.07) is 0.255. The maximum absolute atomic E-state index is 8.84. The van der Waals surface area contributed by atoms with Gasteiger partial charge in [0.05, 0.1) is 13.7 Å². The molecule has 1 aromatic rings. The molecule has 90 valence electrons. The van der Waals surface area contributed by atoms with Crippen molar-refractivity contribution >= 4 is 11.9 Å². The fourth-order valence-electron chi connectivity index (χ4n) is 1.10. The van der Waals surface area contributed by atoms with Crippen molar-refractivity contribution in [3.8, 4) is 6.01 Å². The van der Waals surface area contributed by atoms with Gasteiger partial charge in [0, 0.05) is 20.1 Å². The lowest BCUT2D eigenvalue weighted by Crippen LogP contribution is -2.24. The molecule has 0 saturated heterocycles. The van der Waals surface area contributed by atoms with Gasteiger partial charge in [0.1, 0.15) is 0 Å². The van der Waals surface area contributed by atoms with E-state index in [1.54, 1.807) is 11.9 Å². The highest BCUT2D eigenvalue weighted by molar-refractivity contribution is 5.37. The van der Waals surface area contributed by atoms with Crippen molar-refractivity contribution < 1.29 is 9.84 Å². The van der Waals surface area contributed by atoms with Crippen LogP contribution in [0.1, 0.15) is 6.92 Å². The van der Waals surface area contributed by atoms with Gasteiger partial charge in [0.25, 0.3) is 0 Å². The number of anilines is 2. The number of aromatic nitrogens is 3. The van der Waals surface area contributed by atoms with Crippen molar-refractivity contribution in [1.29, 1.82) is 0 Å². The Morgan fingerprint density at radius 2 is 2.12 bits per heavy atom. The Bertz CT molecular complexity index is 334. The molecule has 0 aliphatic rings. The highest BCUT2D eigenvalue weighted by Gasteiger charge is 2.09. The molecule has 1 rings (SSSR count). The van der Waals surface area contributed by atoms with E-state index in [2.05, 4.69) is 20.3 Å². The lowest BCUT2D eigenvalue weighted by molar-refractivity contribution is 0.303. The third-order valence-electron chi connectivity index (χ3n) is 1.90. The standard InChI is InChI=1S/C9H17N5O2/c1-4-10-7-11-8(14(2)5-6-15)13-9(12-7)16-3/h15H,4-6H2,1-3H3,(H,10,11,12,13). The Kier molecular flexibility index (Phi) is 4.71. The van der Waals surface area contributed by atoms with Crippen LogP contribution in [0.4, 0.5) is 11.9 Å². The number of aliphatic hydroxyl groups is 1. The van der Waals surface area contributed by atoms with Crippen molar-refractivity contribution in [2.24, 2.45) is 0 Å². The Balaban J connectivity index is 2.93. The minimum absolute atomic E-state index is 0.0427. The van der Waals surface area contributed by atoms with E-state index in [1.807, 2.05) is 6.92 Å². The molecule has 7 nitrogen and oxygen atoms in total. The van der Waals surface area contributed by atoms with Gasteiger partial charge in [-0.2, -0.15) is 15.0 Å². The molecule has 0 bridgehead atoms. The molecule has 0 aromatic carbocycles. The van der Waals surface area contributed by atoms with Crippen LogP contribution in [0.25, 0.3) is 0 Å². The monoisotopic (exact) mass is 227 g/mol. The summed E-state index contributed by atoms with van der Waals surface area (Å²) in [7, 11) is 3.29. The Labute approximate surface area is 94.5 Å². The fraction of sp³-hybridized carbons (Fsp3) is 0.667. The molecule has 1 heterocycles. The number of likely N-dealkylation sites (N-methyl/N-ethyl adjacent to an activating group) is 1. The van der Waals surface area contributed by atoms with E-state index in [1.165, 1.54) is 7.11 Å². The van der Waals surface area contributed by atoms with Crippen LogP contribution in [-0.4, -0.2) is 53.9 Å². The first-order valence-corrected chi connectivity index (χ1v) is 5.07. The zero-order chi connectivity index (χ0) is 12.0. The predicted octanol–water partition coefficient (Wildman–Crippen LogP) is -0.260. The normalized spacial score (nSPS) is 10.0. The average molecular weight is 227 g/mol. The lowest BCUT2D eigenvalue weighted by Gasteiger charge is -2.16. The second kappa shape index (κ2) is 6.06. The van der Waals surface area contributed by atoms with E-state index < -0.39 is 0 Å². The number of ether oxygens (including phenoxy) is 1. The van der Waals surface area contributed by atoms with Gasteiger partial charge in [0.15, 0.2) is 0 Å². The SMILES string of the molecule is CCNc1nc(OC)nc(N(C)CCO)n1. The second-order valence-corrected chi connectivity index (χ2v) is 3.12. The largest absolute Gasteiger partial charge is 0.467 e. The van der Waals surface area contributed by atoms with E-state index in [9.17, 15) is 0 Å². The van der Waals surface area contributed by atoms with Crippen molar-refractivity contribution in [2.75, 3.05) is 44.1 Å². The van der Waals surface area contributed by atoms with E-state index in [0.717, 1.165) is 6.54 Å². The molecule has 0 fully saturated rings. The molecule has 7 heteroatoms. The van der Waals surface area contributed by atoms with Crippen molar-refractivity contribution in [2.45, 2.75) is 6.92 Å². The molecule has 0 saturated carbocycles. The first-order chi connectivity index (χ1) is 7.71. The molecular formula is C9H17N5O2. The summed E-state index contributed by atoms with van der Waals surface area (Å²) >= 11 is 0. The zero-order valence-electron chi connectivity index (χ0n) is 9.77. The van der Waals surface area contributed by atoms with Crippen LogP contribution in [0.3, 0.4) is 0 Å². The molecule has 0 spiro atoms. The minimum Gasteiger partial charge on any atom is -0.467 e. The molecular weight excluding hydrogens is 210 g/mol. The maximum Gasteiger partial charge on any atom is 0.322 e. The van der Waals surface area contributed by atoms with Gasteiger partial charge in [-0.1, -0.05) is 0 Å². The van der Waals surface area contributed by atoms with Gasteiger partial charge in [-0.05, 0) is 6.92 Å². The summed E-state index contributed by atoms with van der Waals surface area (Å²) < 4.78 is 4.98. The number of nitrogens with zero attached hydrogens (tertiary/aromatic N) is 4. The molecule has 0 aliphatic carbocycles. The van der Waals surface area contributed by atoms with Crippen LogP contribution in [0.2, 0.25) is 0 Å². The number of hydrogen-bond acceptors (Lipinski definition) is 7. The highest BCUT2D eigenvalue weighted by atomic mass is 16.5. The van der Waals surface area contributed by atoms with E-state index >= 15 is 0 Å². The summed E-state index contributed by atoms with van der Waals surface area (Å²) in [5, 5.41) is 11.8. The number of nitrogens with one attached hydrogen (secondary N) is 1. The number of methoxy groups -OCH3 is 1. The van der Waals surface area contributed by atoms with Gasteiger partial charge in [-0.25, -0.2) is 0 Å². The van der Waals surface area contributed by atoms with E-state index in [0.29, 0.717) is 18.4 Å². The summed E-state index contributed by atoms with van der Waals surface area (Å²) in [5.41, 5.74) is 0. The molecule has 0 radical (unpaired) electrons. The number of rotatable bonds is 6. The summed E-state index contributed by atoms with van der Waals surface area (Å²) in [6.07, 6.45) is 0. The van der Waals surface area contributed by atoms with Crippen LogP contribution in [0.15, 0.2) is 0 Å². The first-order valence-electron chi connectivity index (χ1n) is 5.07. The van der Waals surface area contributed by atoms with Crippen LogP contribution in [0, 0.1) is 0 Å². The Hall–Kier alpha value is -1.63. The lowest BCUT2D eigenvalue weighted by atomic mass is 10.6. The van der Waals surface area contributed by atoms with Gasteiger partial charge < -0.3 is 20.1 Å². The van der Waals surface area contributed by atoms with E-state index in [-0.39, 0.29) is 12.6 Å². The third-order valence-corrected chi connectivity index (χ3v) is 1.90. The smallest absolute Gasteiger partial charge is 0.322 e. The maximum atomic E-state index is 8.84. The first kappa shape index (κ1) is 12.4. The second-order valence-electron chi connectivity index (χ2n) is 3.12. The summed E-state index contributed by atoms with van der Waals surface area (Å²) in [4.78, 5) is 14.0. The number of hydrogen-bond donors (Lipinski definition) is 2. The minimum atomic E-state index is 0.0427. The average Bonchev–Trinajstić information content (AvgIpc) is 2.29. The van der Waals surface area contributed by atoms with Gasteiger partial charge in [-0.15, -0.1) is 0 Å². The van der Waals surface area contributed by atoms with Gasteiger partial charge in [-0.3, -0.25) is 0 Å². The quantitative estimate of drug-likeness (QED) is 0.692. The van der Waals surface area contributed by atoms with Crippen LogP contribution in [-0.2, 0) is 0 Å². The van der Waals surface area contributed by atoms with E-state index in [4.69, 9.17) is 9.84 Å². The van der Waals surface area contributed by atoms with Crippen molar-refractivity contribution in [3.63, 3.8) is 0 Å². The molecule has 0 amide bonds. The Morgan fingerprint density at radius 3 is 2.69 bits per heavy atom.